The summed E-state index contributed by atoms with van der Waals surface area (Å²) >= 11 is 3.41. The molecule has 1 aliphatic carbocycles. The highest BCUT2D eigenvalue weighted by Crippen LogP contribution is 2.43. The number of halogens is 1. The van der Waals surface area contributed by atoms with Gasteiger partial charge >= 0.3 is 0 Å². The van der Waals surface area contributed by atoms with Crippen LogP contribution in [-0.4, -0.2) is 26.5 Å². The van der Waals surface area contributed by atoms with Gasteiger partial charge in [0.2, 0.25) is 0 Å². The van der Waals surface area contributed by atoms with Crippen molar-refractivity contribution in [3.8, 4) is 0 Å². The number of aryl methyl sites for hydroxylation is 1. The van der Waals surface area contributed by atoms with Crippen molar-refractivity contribution < 1.29 is 4.79 Å². The molecule has 0 atom stereocenters. The lowest BCUT2D eigenvalue weighted by Gasteiger charge is -2.15. The number of tetrazole rings is 1. The molecule has 3 rings (SSSR count). The first-order valence-electron chi connectivity index (χ1n) is 6.49. The lowest BCUT2D eigenvalue weighted by molar-refractivity contribution is 0.0927. The Morgan fingerprint density at radius 2 is 2.30 bits per heavy atom. The van der Waals surface area contributed by atoms with Crippen molar-refractivity contribution in [2.75, 3.05) is 0 Å². The number of H-pyrrole nitrogens is 1. The predicted octanol–water partition coefficient (Wildman–Crippen LogP) is 1.94. The summed E-state index contributed by atoms with van der Waals surface area (Å²) in [6, 6.07) is 5.76. The van der Waals surface area contributed by atoms with Gasteiger partial charge in [-0.15, -0.1) is 10.2 Å². The summed E-state index contributed by atoms with van der Waals surface area (Å²) in [5.74, 6) is 0.462. The molecule has 0 radical (unpaired) electrons. The summed E-state index contributed by atoms with van der Waals surface area (Å²) in [6.45, 7) is 2.03. The number of hydrogen-bond acceptors (Lipinski definition) is 4. The molecule has 0 spiro atoms. The third-order valence-electron chi connectivity index (χ3n) is 3.57. The Labute approximate surface area is 124 Å². The van der Waals surface area contributed by atoms with Gasteiger partial charge in [0.25, 0.3) is 5.91 Å². The fraction of sp³-hybridized carbons (Fsp3) is 0.385. The van der Waals surface area contributed by atoms with Crippen LogP contribution in [0.25, 0.3) is 0 Å². The van der Waals surface area contributed by atoms with Gasteiger partial charge in [-0.1, -0.05) is 34.1 Å². The maximum absolute atomic E-state index is 12.5. The summed E-state index contributed by atoms with van der Waals surface area (Å²) in [6.07, 6.45) is 2.49. The van der Waals surface area contributed by atoms with Crippen LogP contribution in [0.4, 0.5) is 0 Å². The SMILES string of the molecule is CCc1ccc(Br)cc1C(=O)NC1(c2nn[nH]n2)CC1. The number of nitrogens with zero attached hydrogens (tertiary/aromatic N) is 3. The van der Waals surface area contributed by atoms with Crippen molar-refractivity contribution in [2.24, 2.45) is 0 Å². The van der Waals surface area contributed by atoms with Crippen LogP contribution in [0.3, 0.4) is 0 Å². The zero-order valence-corrected chi connectivity index (χ0v) is 12.6. The molecule has 104 valence electrons. The molecule has 7 heteroatoms. The number of rotatable bonds is 4. The van der Waals surface area contributed by atoms with Crippen molar-refractivity contribution in [1.29, 1.82) is 0 Å². The van der Waals surface area contributed by atoms with E-state index in [0.717, 1.165) is 29.3 Å². The molecule has 2 N–H and O–H groups in total. The van der Waals surface area contributed by atoms with E-state index in [9.17, 15) is 4.79 Å². The molecule has 1 aliphatic rings. The highest BCUT2D eigenvalue weighted by molar-refractivity contribution is 9.10. The van der Waals surface area contributed by atoms with E-state index in [1.807, 2.05) is 25.1 Å². The molecule has 1 amide bonds. The number of benzene rings is 1. The number of hydrogen-bond donors (Lipinski definition) is 2. The van der Waals surface area contributed by atoms with Crippen molar-refractivity contribution >= 4 is 21.8 Å². The maximum Gasteiger partial charge on any atom is 0.252 e. The first kappa shape index (κ1) is 13.2. The molecule has 1 fully saturated rings. The van der Waals surface area contributed by atoms with Gasteiger partial charge in [0.15, 0.2) is 5.82 Å². The van der Waals surface area contributed by atoms with E-state index in [1.165, 1.54) is 0 Å². The molecule has 1 aromatic carbocycles. The second kappa shape index (κ2) is 4.97. The average Bonchev–Trinajstić information content (AvgIpc) is 3.01. The minimum Gasteiger partial charge on any atom is -0.339 e. The first-order chi connectivity index (χ1) is 9.64. The average molecular weight is 336 g/mol. The normalized spacial score (nSPS) is 15.9. The Kier molecular flexibility index (Phi) is 3.29. The second-order valence-electron chi connectivity index (χ2n) is 4.93. The molecule has 0 aliphatic heterocycles. The van der Waals surface area contributed by atoms with Gasteiger partial charge in [-0.3, -0.25) is 4.79 Å². The third-order valence-corrected chi connectivity index (χ3v) is 4.07. The van der Waals surface area contributed by atoms with Gasteiger partial charge in [-0.2, -0.15) is 5.21 Å². The van der Waals surface area contributed by atoms with E-state index in [4.69, 9.17) is 0 Å². The summed E-state index contributed by atoms with van der Waals surface area (Å²) in [5.41, 5.74) is 1.27. The van der Waals surface area contributed by atoms with E-state index < -0.39 is 5.54 Å². The number of aromatic nitrogens is 4. The van der Waals surface area contributed by atoms with Crippen molar-refractivity contribution in [2.45, 2.75) is 31.7 Å². The molecule has 0 saturated heterocycles. The molecule has 6 nitrogen and oxygen atoms in total. The Bertz CT molecular complexity index is 636. The second-order valence-corrected chi connectivity index (χ2v) is 5.84. The Morgan fingerprint density at radius 1 is 1.50 bits per heavy atom. The van der Waals surface area contributed by atoms with Crippen LogP contribution in [0, 0.1) is 0 Å². The topological polar surface area (TPSA) is 83.6 Å². The Hall–Kier alpha value is -1.76. The molecule has 0 unspecified atom stereocenters. The minimum absolute atomic E-state index is 0.0922. The van der Waals surface area contributed by atoms with E-state index in [1.54, 1.807) is 0 Å². The third kappa shape index (κ3) is 2.33. The lowest BCUT2D eigenvalue weighted by atomic mass is 10.0. The van der Waals surface area contributed by atoms with Crippen molar-refractivity contribution in [1.82, 2.24) is 25.9 Å². The van der Waals surface area contributed by atoms with Crippen LogP contribution in [0.2, 0.25) is 0 Å². The molecular weight excluding hydrogens is 322 g/mol. The highest BCUT2D eigenvalue weighted by Gasteiger charge is 2.49. The van der Waals surface area contributed by atoms with E-state index in [0.29, 0.717) is 11.4 Å². The monoisotopic (exact) mass is 335 g/mol. The van der Waals surface area contributed by atoms with Gasteiger partial charge in [0.1, 0.15) is 5.54 Å². The predicted molar refractivity (Wildman–Crippen MR) is 76.1 cm³/mol. The Morgan fingerprint density at radius 3 is 2.90 bits per heavy atom. The first-order valence-corrected chi connectivity index (χ1v) is 7.29. The summed E-state index contributed by atoms with van der Waals surface area (Å²) in [4.78, 5) is 12.5. The van der Waals surface area contributed by atoms with Gasteiger partial charge in [0.05, 0.1) is 0 Å². The quantitative estimate of drug-likeness (QED) is 0.894. The summed E-state index contributed by atoms with van der Waals surface area (Å²) in [5, 5.41) is 17.0. The number of amides is 1. The lowest BCUT2D eigenvalue weighted by Crippen LogP contribution is -2.36. The largest absolute Gasteiger partial charge is 0.339 e. The number of carbonyl (C=O) groups is 1. The molecule has 2 aromatic rings. The van der Waals surface area contributed by atoms with Gasteiger partial charge in [0, 0.05) is 10.0 Å². The molecule has 1 saturated carbocycles. The van der Waals surface area contributed by atoms with Gasteiger partial charge in [-0.25, -0.2) is 0 Å². The summed E-state index contributed by atoms with van der Waals surface area (Å²) in [7, 11) is 0. The van der Waals surface area contributed by atoms with E-state index in [-0.39, 0.29) is 5.91 Å². The number of carbonyl (C=O) groups excluding carboxylic acids is 1. The van der Waals surface area contributed by atoms with Gasteiger partial charge in [-0.05, 0) is 37.0 Å². The molecule has 20 heavy (non-hydrogen) atoms. The number of nitrogens with one attached hydrogen (secondary N) is 2. The zero-order valence-electron chi connectivity index (χ0n) is 11.0. The van der Waals surface area contributed by atoms with Crippen LogP contribution < -0.4 is 5.32 Å². The maximum atomic E-state index is 12.5. The molecule has 1 heterocycles. The van der Waals surface area contributed by atoms with Gasteiger partial charge < -0.3 is 5.32 Å². The van der Waals surface area contributed by atoms with E-state index in [2.05, 4.69) is 41.9 Å². The van der Waals surface area contributed by atoms with E-state index >= 15 is 0 Å². The van der Waals surface area contributed by atoms with Crippen molar-refractivity contribution in [3.63, 3.8) is 0 Å². The molecule has 0 bridgehead atoms. The van der Waals surface area contributed by atoms with Crippen LogP contribution in [0.15, 0.2) is 22.7 Å². The fourth-order valence-corrected chi connectivity index (χ4v) is 2.61. The highest BCUT2D eigenvalue weighted by atomic mass is 79.9. The van der Waals surface area contributed by atoms with Crippen molar-refractivity contribution in [3.05, 3.63) is 39.6 Å². The smallest absolute Gasteiger partial charge is 0.252 e. The molecular formula is C13H14BrN5O. The molecule has 1 aromatic heterocycles. The van der Waals surface area contributed by atoms with Crippen LogP contribution >= 0.6 is 15.9 Å². The summed E-state index contributed by atoms with van der Waals surface area (Å²) < 4.78 is 0.893. The van der Waals surface area contributed by atoms with Crippen LogP contribution in [-0.2, 0) is 12.0 Å². The zero-order chi connectivity index (χ0) is 14.2. The Balaban J connectivity index is 1.86. The van der Waals surface area contributed by atoms with Crippen LogP contribution in [0.1, 0.15) is 41.5 Å². The standard InChI is InChI=1S/C13H14BrN5O/c1-2-8-3-4-9(14)7-10(8)11(20)15-13(5-6-13)12-16-18-19-17-12/h3-4,7H,2,5-6H2,1H3,(H,15,20)(H,16,17,18,19). The fourth-order valence-electron chi connectivity index (χ4n) is 2.25. The number of aromatic amines is 1. The minimum atomic E-state index is -0.447. The van der Waals surface area contributed by atoms with Crippen LogP contribution in [0.5, 0.6) is 0 Å².